The number of anilines is 1. The third kappa shape index (κ3) is 2.32. The van der Waals surface area contributed by atoms with Crippen LogP contribution in [0.5, 0.6) is 0 Å². The van der Waals surface area contributed by atoms with E-state index in [0.717, 1.165) is 23.4 Å². The van der Waals surface area contributed by atoms with Gasteiger partial charge in [0.15, 0.2) is 11.6 Å². The molecule has 2 amide bonds. The number of likely N-dealkylation sites (N-methyl/N-ethyl adjacent to an activating group) is 1. The Labute approximate surface area is 150 Å². The van der Waals surface area contributed by atoms with Gasteiger partial charge in [-0.3, -0.25) is 9.59 Å². The van der Waals surface area contributed by atoms with Crippen molar-refractivity contribution in [2.24, 2.45) is 0 Å². The maximum absolute atomic E-state index is 13.4. The summed E-state index contributed by atoms with van der Waals surface area (Å²) in [6, 6.07) is 10.9. The number of hydrogen-bond donors (Lipinski definition) is 0. The van der Waals surface area contributed by atoms with Gasteiger partial charge in [-0.2, -0.15) is 0 Å². The molecular weight excluding hydrogens is 338 g/mol. The predicted octanol–water partition coefficient (Wildman–Crippen LogP) is 3.12. The molecule has 0 aromatic heterocycles. The van der Waals surface area contributed by atoms with Crippen LogP contribution in [-0.4, -0.2) is 36.9 Å². The molecule has 4 rings (SSSR count). The van der Waals surface area contributed by atoms with Gasteiger partial charge in [-0.25, -0.2) is 8.78 Å². The largest absolute Gasteiger partial charge is 0.339 e. The summed E-state index contributed by atoms with van der Waals surface area (Å²) in [5, 5.41) is 0. The van der Waals surface area contributed by atoms with Crippen LogP contribution in [0, 0.1) is 11.6 Å². The molecule has 26 heavy (non-hydrogen) atoms. The third-order valence-corrected chi connectivity index (χ3v) is 5.57. The minimum Gasteiger partial charge on any atom is -0.339 e. The molecule has 2 aliphatic rings. The molecule has 0 aliphatic carbocycles. The zero-order valence-corrected chi connectivity index (χ0v) is 14.3. The average Bonchev–Trinajstić information content (AvgIpc) is 2.87. The van der Waals surface area contributed by atoms with Crippen molar-refractivity contribution >= 4 is 17.5 Å². The van der Waals surface area contributed by atoms with Crippen molar-refractivity contribution in [3.05, 3.63) is 65.2 Å². The van der Waals surface area contributed by atoms with Crippen molar-refractivity contribution < 1.29 is 18.4 Å². The third-order valence-electron chi connectivity index (χ3n) is 5.57. The predicted molar refractivity (Wildman–Crippen MR) is 93.0 cm³/mol. The smallest absolute Gasteiger partial charge is 0.253 e. The van der Waals surface area contributed by atoms with Crippen LogP contribution in [0.15, 0.2) is 42.5 Å². The number of hydrogen-bond acceptors (Lipinski definition) is 2. The lowest BCUT2D eigenvalue weighted by atomic mass is 9.73. The van der Waals surface area contributed by atoms with Gasteiger partial charge in [0, 0.05) is 31.4 Å². The Kier molecular flexibility index (Phi) is 3.79. The first-order valence-electron chi connectivity index (χ1n) is 8.56. The summed E-state index contributed by atoms with van der Waals surface area (Å²) < 4.78 is 26.5. The van der Waals surface area contributed by atoms with Gasteiger partial charge in [0.1, 0.15) is 0 Å². The molecule has 0 unspecified atom stereocenters. The minimum atomic E-state index is -1.04. The summed E-state index contributed by atoms with van der Waals surface area (Å²) in [6.45, 7) is 0.789. The lowest BCUT2D eigenvalue weighted by Crippen LogP contribution is -2.49. The maximum Gasteiger partial charge on any atom is 0.253 e. The lowest BCUT2D eigenvalue weighted by Gasteiger charge is -2.38. The molecular formula is C20H18F2N2O2. The number of rotatable bonds is 1. The molecule has 0 atom stereocenters. The molecule has 134 valence electrons. The van der Waals surface area contributed by atoms with Gasteiger partial charge < -0.3 is 9.80 Å². The van der Waals surface area contributed by atoms with E-state index >= 15 is 0 Å². The maximum atomic E-state index is 13.4. The quantitative estimate of drug-likeness (QED) is 0.788. The van der Waals surface area contributed by atoms with Crippen LogP contribution in [0.3, 0.4) is 0 Å². The highest BCUT2D eigenvalue weighted by atomic mass is 19.2. The molecule has 1 saturated heterocycles. The zero-order chi connectivity index (χ0) is 18.5. The van der Waals surface area contributed by atoms with Crippen LogP contribution in [-0.2, 0) is 10.2 Å². The van der Waals surface area contributed by atoms with E-state index in [4.69, 9.17) is 0 Å². The zero-order valence-electron chi connectivity index (χ0n) is 14.3. The Balaban J connectivity index is 1.57. The summed E-state index contributed by atoms with van der Waals surface area (Å²) >= 11 is 0. The highest BCUT2D eigenvalue weighted by Crippen LogP contribution is 2.47. The molecule has 0 radical (unpaired) electrons. The Morgan fingerprint density at radius 2 is 1.73 bits per heavy atom. The lowest BCUT2D eigenvalue weighted by molar-refractivity contribution is -0.124. The van der Waals surface area contributed by atoms with E-state index in [1.54, 1.807) is 16.8 Å². The van der Waals surface area contributed by atoms with E-state index in [2.05, 4.69) is 0 Å². The molecule has 4 nitrogen and oxygen atoms in total. The second kappa shape index (κ2) is 5.90. The molecule has 2 heterocycles. The number of para-hydroxylation sites is 1. The highest BCUT2D eigenvalue weighted by molar-refractivity contribution is 6.08. The second-order valence-electron chi connectivity index (χ2n) is 6.88. The summed E-state index contributed by atoms with van der Waals surface area (Å²) in [4.78, 5) is 28.8. The van der Waals surface area contributed by atoms with Crippen LogP contribution in [0.1, 0.15) is 28.8 Å². The van der Waals surface area contributed by atoms with Gasteiger partial charge in [-0.1, -0.05) is 18.2 Å². The number of likely N-dealkylation sites (tertiary alicyclic amines) is 1. The van der Waals surface area contributed by atoms with Gasteiger partial charge >= 0.3 is 0 Å². The van der Waals surface area contributed by atoms with Gasteiger partial charge in [-0.05, 0) is 42.7 Å². The fourth-order valence-corrected chi connectivity index (χ4v) is 4.10. The number of halogens is 2. The summed E-state index contributed by atoms with van der Waals surface area (Å²) in [5.74, 6) is -2.30. The number of amides is 2. The number of carbonyl (C=O) groups is 2. The molecule has 0 N–H and O–H groups in total. The standard InChI is InChI=1S/C20H18F2N2O2/c1-23-17-5-3-2-4-14(17)20(19(23)26)8-10-24(11-9-20)18(25)13-6-7-15(21)16(22)12-13/h2-7,12H,8-11H2,1H3. The van der Waals surface area contributed by atoms with E-state index in [1.165, 1.54) is 6.07 Å². The minimum absolute atomic E-state index is 0.0543. The van der Waals surface area contributed by atoms with Gasteiger partial charge in [0.05, 0.1) is 5.41 Å². The van der Waals surface area contributed by atoms with E-state index < -0.39 is 17.0 Å². The fraction of sp³-hybridized carbons (Fsp3) is 0.300. The topological polar surface area (TPSA) is 40.6 Å². The van der Waals surface area contributed by atoms with Gasteiger partial charge in [0.2, 0.25) is 5.91 Å². The molecule has 2 aromatic carbocycles. The number of carbonyl (C=O) groups excluding carboxylic acids is 2. The molecule has 1 spiro atoms. The summed E-state index contributed by atoms with van der Waals surface area (Å²) in [6.07, 6.45) is 1.03. The average molecular weight is 356 g/mol. The number of fused-ring (bicyclic) bond motifs is 2. The van der Waals surface area contributed by atoms with Crippen molar-refractivity contribution in [1.82, 2.24) is 4.90 Å². The fourth-order valence-electron chi connectivity index (χ4n) is 4.10. The van der Waals surface area contributed by atoms with E-state index in [1.807, 2.05) is 24.3 Å². The van der Waals surface area contributed by atoms with Crippen LogP contribution < -0.4 is 4.90 Å². The SMILES string of the molecule is CN1C(=O)C2(CCN(C(=O)c3ccc(F)c(F)c3)CC2)c2ccccc21. The first-order valence-corrected chi connectivity index (χ1v) is 8.56. The van der Waals surface area contributed by atoms with Crippen molar-refractivity contribution in [1.29, 1.82) is 0 Å². The number of benzene rings is 2. The first-order chi connectivity index (χ1) is 12.4. The van der Waals surface area contributed by atoms with E-state index in [-0.39, 0.29) is 17.4 Å². The van der Waals surface area contributed by atoms with Crippen LogP contribution in [0.2, 0.25) is 0 Å². The first kappa shape index (κ1) is 16.7. The number of piperidine rings is 1. The molecule has 0 bridgehead atoms. The Morgan fingerprint density at radius 3 is 2.42 bits per heavy atom. The summed E-state index contributed by atoms with van der Waals surface area (Å²) in [7, 11) is 1.77. The van der Waals surface area contributed by atoms with E-state index in [9.17, 15) is 18.4 Å². The molecule has 2 aromatic rings. The summed E-state index contributed by atoms with van der Waals surface area (Å²) in [5.41, 5.74) is 1.44. The van der Waals surface area contributed by atoms with Gasteiger partial charge in [0.25, 0.3) is 5.91 Å². The van der Waals surface area contributed by atoms with Crippen molar-refractivity contribution in [2.75, 3.05) is 25.0 Å². The molecule has 0 saturated carbocycles. The van der Waals surface area contributed by atoms with Crippen molar-refractivity contribution in [2.45, 2.75) is 18.3 Å². The second-order valence-corrected chi connectivity index (χ2v) is 6.88. The van der Waals surface area contributed by atoms with Crippen molar-refractivity contribution in [3.63, 3.8) is 0 Å². The number of nitrogens with zero attached hydrogens (tertiary/aromatic N) is 2. The van der Waals surface area contributed by atoms with Gasteiger partial charge in [-0.15, -0.1) is 0 Å². The normalized spacial score (nSPS) is 18.3. The molecule has 6 heteroatoms. The van der Waals surface area contributed by atoms with Crippen LogP contribution in [0.4, 0.5) is 14.5 Å². The Bertz CT molecular complexity index is 904. The Morgan fingerprint density at radius 1 is 1.04 bits per heavy atom. The van der Waals surface area contributed by atoms with E-state index in [0.29, 0.717) is 25.9 Å². The van der Waals surface area contributed by atoms with Crippen LogP contribution >= 0.6 is 0 Å². The molecule has 1 fully saturated rings. The van der Waals surface area contributed by atoms with Crippen LogP contribution in [0.25, 0.3) is 0 Å². The van der Waals surface area contributed by atoms with Crippen molar-refractivity contribution in [3.8, 4) is 0 Å². The Hall–Kier alpha value is -2.76. The molecule has 2 aliphatic heterocycles. The monoisotopic (exact) mass is 356 g/mol. The highest BCUT2D eigenvalue weighted by Gasteiger charge is 2.51.